The van der Waals surface area contributed by atoms with Crippen LogP contribution in [-0.2, 0) is 13.6 Å². The molecule has 0 atom stereocenters. The number of carbonyl (C=O) groups is 1. The molecule has 170 valence electrons. The van der Waals surface area contributed by atoms with E-state index in [1.807, 2.05) is 6.07 Å². The zero-order chi connectivity index (χ0) is 23.8. The molecule has 11 heteroatoms. The van der Waals surface area contributed by atoms with Crippen LogP contribution in [0.3, 0.4) is 0 Å². The lowest BCUT2D eigenvalue weighted by atomic mass is 10.2. The molecule has 0 unspecified atom stereocenters. The van der Waals surface area contributed by atoms with Crippen molar-refractivity contribution in [3.63, 3.8) is 0 Å². The van der Waals surface area contributed by atoms with E-state index in [4.69, 9.17) is 0 Å². The summed E-state index contributed by atoms with van der Waals surface area (Å²) in [5, 5.41) is 2.53. The third-order valence-corrected chi connectivity index (χ3v) is 4.88. The second-order valence-corrected chi connectivity index (χ2v) is 7.21. The van der Waals surface area contributed by atoms with Crippen LogP contribution in [0, 0.1) is 0 Å². The smallest absolute Gasteiger partial charge is 0.406 e. The van der Waals surface area contributed by atoms with Crippen molar-refractivity contribution in [3.8, 4) is 5.75 Å². The molecule has 2 N–H and O–H groups in total. The first-order valence-electron chi connectivity index (χ1n) is 9.65. The molecule has 33 heavy (non-hydrogen) atoms. The largest absolute Gasteiger partial charge is 0.573 e. The van der Waals surface area contributed by atoms with E-state index in [0.29, 0.717) is 0 Å². The Hall–Kier alpha value is -4.28. The Kier molecular flexibility index (Phi) is 5.54. The quantitative estimate of drug-likeness (QED) is 0.480. The summed E-state index contributed by atoms with van der Waals surface area (Å²) >= 11 is 0. The van der Waals surface area contributed by atoms with Crippen molar-refractivity contribution >= 4 is 22.6 Å². The fourth-order valence-corrected chi connectivity index (χ4v) is 3.43. The maximum Gasteiger partial charge on any atom is 0.573 e. The van der Waals surface area contributed by atoms with Crippen LogP contribution in [0.5, 0.6) is 5.75 Å². The standard InChI is InChI=1S/C22H17F3N4O4/c1-28-12-16(19(30)26-14-7-9-15(10-8-14)33-22(23,24)25)17-18(28)20(31)29(21(32)27-17)11-13-5-3-2-4-6-13/h2-10,12H,11H2,1H3,(H,26,30)(H,27,32). The highest BCUT2D eigenvalue weighted by Gasteiger charge is 2.31. The van der Waals surface area contributed by atoms with Crippen LogP contribution >= 0.6 is 0 Å². The lowest BCUT2D eigenvalue weighted by Crippen LogP contribution is -2.36. The summed E-state index contributed by atoms with van der Waals surface area (Å²) in [6, 6.07) is 13.5. The maximum atomic E-state index is 13.0. The van der Waals surface area contributed by atoms with Crippen molar-refractivity contribution in [1.29, 1.82) is 0 Å². The number of alkyl halides is 3. The Balaban J connectivity index is 1.64. The number of ether oxygens (including phenoxy) is 1. The lowest BCUT2D eigenvalue weighted by Gasteiger charge is -2.10. The summed E-state index contributed by atoms with van der Waals surface area (Å²) in [6.07, 6.45) is -3.43. The number of hydrogen-bond acceptors (Lipinski definition) is 4. The minimum Gasteiger partial charge on any atom is -0.406 e. The molecule has 2 aromatic heterocycles. The fourth-order valence-electron chi connectivity index (χ4n) is 3.43. The number of rotatable bonds is 5. The van der Waals surface area contributed by atoms with Crippen LogP contribution < -0.4 is 21.3 Å². The molecule has 0 bridgehead atoms. The molecule has 0 radical (unpaired) electrons. The molecule has 4 aromatic rings. The molecular weight excluding hydrogens is 441 g/mol. The third kappa shape index (κ3) is 4.66. The fraction of sp³-hybridized carbons (Fsp3) is 0.136. The molecule has 0 aliphatic heterocycles. The molecule has 2 aromatic carbocycles. The zero-order valence-corrected chi connectivity index (χ0v) is 17.1. The first-order chi connectivity index (χ1) is 15.6. The van der Waals surface area contributed by atoms with Gasteiger partial charge in [0.15, 0.2) is 0 Å². The van der Waals surface area contributed by atoms with E-state index in [0.717, 1.165) is 22.3 Å². The van der Waals surface area contributed by atoms with Crippen LogP contribution in [0.4, 0.5) is 18.9 Å². The number of H-pyrrole nitrogens is 1. The Labute approximate surface area is 183 Å². The highest BCUT2D eigenvalue weighted by atomic mass is 19.4. The van der Waals surface area contributed by atoms with E-state index in [1.165, 1.54) is 22.9 Å². The highest BCUT2D eigenvalue weighted by Crippen LogP contribution is 2.24. The van der Waals surface area contributed by atoms with Crippen molar-refractivity contribution in [2.24, 2.45) is 7.05 Å². The number of amides is 1. The predicted molar refractivity (Wildman–Crippen MR) is 114 cm³/mol. The summed E-state index contributed by atoms with van der Waals surface area (Å²) in [5.74, 6) is -1.09. The molecule has 8 nitrogen and oxygen atoms in total. The molecule has 0 spiro atoms. The van der Waals surface area contributed by atoms with Gasteiger partial charge in [0.1, 0.15) is 11.3 Å². The summed E-state index contributed by atoms with van der Waals surface area (Å²) in [4.78, 5) is 41.0. The summed E-state index contributed by atoms with van der Waals surface area (Å²) in [5.41, 5.74) is -0.0564. The number of nitrogens with zero attached hydrogens (tertiary/aromatic N) is 2. The van der Waals surface area contributed by atoms with Crippen molar-refractivity contribution in [2.75, 3.05) is 5.32 Å². The number of halogens is 3. The van der Waals surface area contributed by atoms with Gasteiger partial charge in [-0.05, 0) is 29.8 Å². The summed E-state index contributed by atoms with van der Waals surface area (Å²) < 4.78 is 43.1. The highest BCUT2D eigenvalue weighted by molar-refractivity contribution is 6.11. The van der Waals surface area contributed by atoms with Crippen LogP contribution in [0.2, 0.25) is 0 Å². The average molecular weight is 458 g/mol. The second kappa shape index (κ2) is 8.34. The average Bonchev–Trinajstić information content (AvgIpc) is 3.08. The zero-order valence-electron chi connectivity index (χ0n) is 17.1. The Morgan fingerprint density at radius 1 is 1.06 bits per heavy atom. The van der Waals surface area contributed by atoms with Crippen molar-refractivity contribution in [1.82, 2.24) is 14.1 Å². The first-order valence-corrected chi connectivity index (χ1v) is 9.65. The number of hydrogen-bond donors (Lipinski definition) is 2. The Morgan fingerprint density at radius 3 is 2.36 bits per heavy atom. The number of aromatic nitrogens is 3. The van der Waals surface area contributed by atoms with Crippen LogP contribution in [0.1, 0.15) is 15.9 Å². The van der Waals surface area contributed by atoms with Gasteiger partial charge in [0, 0.05) is 18.9 Å². The molecule has 1 amide bonds. The topological polar surface area (TPSA) is 98.1 Å². The predicted octanol–water partition coefficient (Wildman–Crippen LogP) is 3.23. The number of aromatic amines is 1. The van der Waals surface area contributed by atoms with Crippen LogP contribution in [0.25, 0.3) is 11.0 Å². The van der Waals surface area contributed by atoms with Gasteiger partial charge in [-0.2, -0.15) is 0 Å². The van der Waals surface area contributed by atoms with Gasteiger partial charge in [-0.3, -0.25) is 14.2 Å². The lowest BCUT2D eigenvalue weighted by molar-refractivity contribution is -0.274. The van der Waals surface area contributed by atoms with E-state index in [9.17, 15) is 27.6 Å². The van der Waals surface area contributed by atoms with Crippen molar-refractivity contribution in [2.45, 2.75) is 12.9 Å². The molecule has 4 rings (SSSR count). The van der Waals surface area contributed by atoms with Gasteiger partial charge in [0.25, 0.3) is 11.5 Å². The molecule has 0 saturated carbocycles. The van der Waals surface area contributed by atoms with E-state index < -0.39 is 29.3 Å². The summed E-state index contributed by atoms with van der Waals surface area (Å²) in [6.45, 7) is 0.0595. The third-order valence-electron chi connectivity index (χ3n) is 4.88. The minimum atomic E-state index is -4.83. The first kappa shape index (κ1) is 21.9. The molecule has 0 aliphatic rings. The second-order valence-electron chi connectivity index (χ2n) is 7.21. The number of benzene rings is 2. The number of aryl methyl sites for hydroxylation is 1. The van der Waals surface area contributed by atoms with Gasteiger partial charge in [-0.25, -0.2) is 4.79 Å². The number of nitrogens with one attached hydrogen (secondary N) is 2. The van der Waals surface area contributed by atoms with E-state index in [2.05, 4.69) is 15.0 Å². The molecule has 0 fully saturated rings. The van der Waals surface area contributed by atoms with E-state index in [-0.39, 0.29) is 28.8 Å². The van der Waals surface area contributed by atoms with Gasteiger partial charge in [0.05, 0.1) is 17.6 Å². The van der Waals surface area contributed by atoms with Crippen LogP contribution in [0.15, 0.2) is 70.4 Å². The van der Waals surface area contributed by atoms with Gasteiger partial charge < -0.3 is 19.6 Å². The Morgan fingerprint density at radius 2 is 1.73 bits per heavy atom. The molecular formula is C22H17F3N4O4. The van der Waals surface area contributed by atoms with Crippen molar-refractivity contribution < 1.29 is 22.7 Å². The molecule has 0 saturated heterocycles. The number of carbonyl (C=O) groups excluding carboxylic acids is 1. The van der Waals surface area contributed by atoms with Gasteiger partial charge in [0.2, 0.25) is 0 Å². The van der Waals surface area contributed by atoms with E-state index in [1.54, 1.807) is 31.3 Å². The van der Waals surface area contributed by atoms with Gasteiger partial charge in [-0.15, -0.1) is 13.2 Å². The Bertz CT molecular complexity index is 1440. The monoisotopic (exact) mass is 458 g/mol. The van der Waals surface area contributed by atoms with E-state index >= 15 is 0 Å². The van der Waals surface area contributed by atoms with Crippen LogP contribution in [-0.4, -0.2) is 26.4 Å². The van der Waals surface area contributed by atoms with Gasteiger partial charge in [-0.1, -0.05) is 30.3 Å². The SMILES string of the molecule is Cn1cc(C(=O)Nc2ccc(OC(F)(F)F)cc2)c2[nH]c(=O)n(Cc3ccccc3)c(=O)c21. The molecule has 2 heterocycles. The minimum absolute atomic E-state index is 0.0316. The maximum absolute atomic E-state index is 13.0. The number of fused-ring (bicyclic) bond motifs is 1. The summed E-state index contributed by atoms with van der Waals surface area (Å²) in [7, 11) is 1.56. The normalized spacial score (nSPS) is 11.5. The van der Waals surface area contributed by atoms with Crippen molar-refractivity contribution in [3.05, 3.63) is 92.8 Å². The molecule has 0 aliphatic carbocycles. The number of anilines is 1. The van der Waals surface area contributed by atoms with Gasteiger partial charge >= 0.3 is 12.1 Å².